The van der Waals surface area contributed by atoms with E-state index in [1.54, 1.807) is 11.8 Å². The van der Waals surface area contributed by atoms with Crippen molar-refractivity contribution >= 4 is 11.8 Å². The molecule has 0 atom stereocenters. The van der Waals surface area contributed by atoms with Crippen LogP contribution in [0.4, 0.5) is 0 Å². The average Bonchev–Trinajstić information content (AvgIpc) is 2.05. The van der Waals surface area contributed by atoms with Gasteiger partial charge in [-0.3, -0.25) is 0 Å². The van der Waals surface area contributed by atoms with Crippen LogP contribution in [0.15, 0.2) is 17.3 Å². The molecular formula is C9H13NOS. The lowest BCUT2D eigenvalue weighted by atomic mass is 10.2. The van der Waals surface area contributed by atoms with Gasteiger partial charge in [-0.15, -0.1) is 11.8 Å². The lowest BCUT2D eigenvalue weighted by Crippen LogP contribution is -1.94. The molecule has 0 aliphatic rings. The van der Waals surface area contributed by atoms with Crippen LogP contribution in [0.1, 0.15) is 11.1 Å². The van der Waals surface area contributed by atoms with Crippen molar-refractivity contribution in [2.24, 2.45) is 0 Å². The maximum atomic E-state index is 8.70. The van der Waals surface area contributed by atoms with Crippen LogP contribution in [0.2, 0.25) is 0 Å². The summed E-state index contributed by atoms with van der Waals surface area (Å²) in [7, 11) is 0. The number of rotatable bonds is 3. The summed E-state index contributed by atoms with van der Waals surface area (Å²) in [5.41, 5.74) is 2.29. The standard InChI is InChI=1S/C9H13NOS/c1-7-5-8(3-4-11)6-10-9(7)12-2/h5-6,11H,3-4H2,1-2H3. The van der Waals surface area contributed by atoms with E-state index in [1.165, 1.54) is 5.56 Å². The van der Waals surface area contributed by atoms with Crippen LogP contribution in [-0.4, -0.2) is 23.0 Å². The highest BCUT2D eigenvalue weighted by atomic mass is 32.2. The monoisotopic (exact) mass is 183 g/mol. The quantitative estimate of drug-likeness (QED) is 0.723. The molecule has 0 spiro atoms. The minimum atomic E-state index is 0.194. The van der Waals surface area contributed by atoms with E-state index in [-0.39, 0.29) is 6.61 Å². The fourth-order valence-corrected chi connectivity index (χ4v) is 1.64. The Hall–Kier alpha value is -0.540. The molecule has 0 amide bonds. The molecule has 1 heterocycles. The maximum Gasteiger partial charge on any atom is 0.0986 e. The number of aromatic nitrogens is 1. The van der Waals surface area contributed by atoms with Gasteiger partial charge < -0.3 is 5.11 Å². The Morgan fingerprint density at radius 3 is 2.83 bits per heavy atom. The van der Waals surface area contributed by atoms with E-state index in [9.17, 15) is 0 Å². The lowest BCUT2D eigenvalue weighted by molar-refractivity contribution is 0.299. The van der Waals surface area contributed by atoms with Crippen LogP contribution in [0.5, 0.6) is 0 Å². The lowest BCUT2D eigenvalue weighted by Gasteiger charge is -2.03. The Bertz CT molecular complexity index is 263. The first-order valence-corrected chi connectivity index (χ1v) is 5.10. The molecule has 1 aromatic heterocycles. The van der Waals surface area contributed by atoms with Crippen molar-refractivity contribution in [3.8, 4) is 0 Å². The number of hydrogen-bond acceptors (Lipinski definition) is 3. The minimum Gasteiger partial charge on any atom is -0.396 e. The largest absolute Gasteiger partial charge is 0.396 e. The summed E-state index contributed by atoms with van der Waals surface area (Å²) < 4.78 is 0. The third-order valence-corrected chi connectivity index (χ3v) is 2.49. The highest BCUT2D eigenvalue weighted by Gasteiger charge is 1.99. The molecule has 0 radical (unpaired) electrons. The topological polar surface area (TPSA) is 33.1 Å². The molecule has 1 aromatic rings. The SMILES string of the molecule is CSc1ncc(CCO)cc1C. The van der Waals surface area contributed by atoms with Crippen molar-refractivity contribution in [2.75, 3.05) is 12.9 Å². The number of hydrogen-bond donors (Lipinski definition) is 1. The second-order valence-electron chi connectivity index (χ2n) is 2.64. The van der Waals surface area contributed by atoms with Gasteiger partial charge in [-0.2, -0.15) is 0 Å². The second kappa shape index (κ2) is 4.48. The van der Waals surface area contributed by atoms with Crippen molar-refractivity contribution in [2.45, 2.75) is 18.4 Å². The number of pyridine rings is 1. The third-order valence-electron chi connectivity index (χ3n) is 1.68. The Morgan fingerprint density at radius 2 is 2.33 bits per heavy atom. The predicted octanol–water partition coefficient (Wildman–Crippen LogP) is 1.65. The summed E-state index contributed by atoms with van der Waals surface area (Å²) in [4.78, 5) is 4.27. The van der Waals surface area contributed by atoms with Crippen molar-refractivity contribution < 1.29 is 5.11 Å². The summed E-state index contributed by atoms with van der Waals surface area (Å²) in [6, 6.07) is 2.08. The molecule has 0 bridgehead atoms. The number of nitrogens with zero attached hydrogens (tertiary/aromatic N) is 1. The molecule has 2 nitrogen and oxygen atoms in total. The Balaban J connectivity index is 2.86. The number of aliphatic hydroxyl groups is 1. The van der Waals surface area contributed by atoms with Crippen molar-refractivity contribution in [3.63, 3.8) is 0 Å². The van der Waals surface area contributed by atoms with Gasteiger partial charge in [0.15, 0.2) is 0 Å². The zero-order valence-electron chi connectivity index (χ0n) is 7.37. The highest BCUT2D eigenvalue weighted by Crippen LogP contribution is 2.17. The summed E-state index contributed by atoms with van der Waals surface area (Å²) >= 11 is 1.65. The summed E-state index contributed by atoms with van der Waals surface area (Å²) in [5, 5.41) is 9.77. The van der Waals surface area contributed by atoms with E-state index in [0.717, 1.165) is 10.6 Å². The molecule has 12 heavy (non-hydrogen) atoms. The van der Waals surface area contributed by atoms with Gasteiger partial charge in [0.1, 0.15) is 0 Å². The molecule has 0 saturated heterocycles. The molecular weight excluding hydrogens is 170 g/mol. The molecule has 0 saturated carbocycles. The van der Waals surface area contributed by atoms with Crippen LogP contribution in [-0.2, 0) is 6.42 Å². The van der Waals surface area contributed by atoms with Crippen molar-refractivity contribution in [3.05, 3.63) is 23.4 Å². The molecule has 1 rings (SSSR count). The van der Waals surface area contributed by atoms with Gasteiger partial charge in [-0.05, 0) is 30.7 Å². The van der Waals surface area contributed by atoms with Gasteiger partial charge in [-0.1, -0.05) is 6.07 Å². The third kappa shape index (κ3) is 2.22. The Kier molecular flexibility index (Phi) is 3.56. The van der Waals surface area contributed by atoms with Gasteiger partial charge in [0.25, 0.3) is 0 Å². The van der Waals surface area contributed by atoms with Gasteiger partial charge in [0.05, 0.1) is 5.03 Å². The number of aliphatic hydroxyl groups excluding tert-OH is 1. The van der Waals surface area contributed by atoms with Crippen LogP contribution in [0.3, 0.4) is 0 Å². The molecule has 1 N–H and O–H groups in total. The van der Waals surface area contributed by atoms with Gasteiger partial charge in [0, 0.05) is 12.8 Å². The van der Waals surface area contributed by atoms with Gasteiger partial charge in [0.2, 0.25) is 0 Å². The molecule has 3 heteroatoms. The summed E-state index contributed by atoms with van der Waals surface area (Å²) in [6.45, 7) is 2.24. The molecule has 0 aliphatic heterocycles. The van der Waals surface area contributed by atoms with Crippen LogP contribution >= 0.6 is 11.8 Å². The number of aryl methyl sites for hydroxylation is 1. The molecule has 0 unspecified atom stereocenters. The smallest absolute Gasteiger partial charge is 0.0986 e. The summed E-state index contributed by atoms with van der Waals surface area (Å²) in [6.07, 6.45) is 4.54. The highest BCUT2D eigenvalue weighted by molar-refractivity contribution is 7.98. The molecule has 66 valence electrons. The first-order chi connectivity index (χ1) is 5.77. The molecule has 0 aliphatic carbocycles. The fourth-order valence-electron chi connectivity index (χ4n) is 1.10. The van der Waals surface area contributed by atoms with Crippen LogP contribution in [0.25, 0.3) is 0 Å². The molecule has 0 aromatic carbocycles. The normalized spacial score (nSPS) is 10.2. The van der Waals surface area contributed by atoms with Crippen LogP contribution in [0, 0.1) is 6.92 Å². The van der Waals surface area contributed by atoms with Crippen LogP contribution < -0.4 is 0 Å². The Labute approximate surface area is 77.0 Å². The molecule has 0 fully saturated rings. The zero-order valence-corrected chi connectivity index (χ0v) is 8.19. The van der Waals surface area contributed by atoms with E-state index < -0.39 is 0 Å². The minimum absolute atomic E-state index is 0.194. The predicted molar refractivity (Wildman–Crippen MR) is 51.5 cm³/mol. The number of thioether (sulfide) groups is 1. The maximum absolute atomic E-state index is 8.70. The average molecular weight is 183 g/mol. The van der Waals surface area contributed by atoms with E-state index in [4.69, 9.17) is 5.11 Å². The van der Waals surface area contributed by atoms with E-state index in [1.807, 2.05) is 19.4 Å². The van der Waals surface area contributed by atoms with E-state index >= 15 is 0 Å². The Morgan fingerprint density at radius 1 is 1.58 bits per heavy atom. The first-order valence-electron chi connectivity index (χ1n) is 3.88. The van der Waals surface area contributed by atoms with Gasteiger partial charge in [-0.25, -0.2) is 4.98 Å². The van der Waals surface area contributed by atoms with Crippen molar-refractivity contribution in [1.82, 2.24) is 4.98 Å². The van der Waals surface area contributed by atoms with Crippen molar-refractivity contribution in [1.29, 1.82) is 0 Å². The van der Waals surface area contributed by atoms with E-state index in [2.05, 4.69) is 11.1 Å². The van der Waals surface area contributed by atoms with Gasteiger partial charge >= 0.3 is 0 Å². The first kappa shape index (κ1) is 9.55. The second-order valence-corrected chi connectivity index (χ2v) is 3.44. The zero-order chi connectivity index (χ0) is 8.97. The van der Waals surface area contributed by atoms with E-state index in [0.29, 0.717) is 6.42 Å². The fraction of sp³-hybridized carbons (Fsp3) is 0.444. The summed E-state index contributed by atoms with van der Waals surface area (Å²) in [5.74, 6) is 0.